The summed E-state index contributed by atoms with van der Waals surface area (Å²) in [6.07, 6.45) is 0.260. The van der Waals surface area contributed by atoms with E-state index < -0.39 is 11.7 Å². The summed E-state index contributed by atoms with van der Waals surface area (Å²) in [6, 6.07) is 11.3. The first-order valence-electron chi connectivity index (χ1n) is 12.2. The lowest BCUT2D eigenvalue weighted by Crippen LogP contribution is -2.46. The van der Waals surface area contributed by atoms with Gasteiger partial charge in [0.1, 0.15) is 11.3 Å². The molecule has 0 N–H and O–H groups in total. The number of benzene rings is 2. The summed E-state index contributed by atoms with van der Waals surface area (Å²) in [7, 11) is 0. The molecule has 2 aromatic carbocycles. The highest BCUT2D eigenvalue weighted by Crippen LogP contribution is 2.32. The predicted molar refractivity (Wildman–Crippen MR) is 129 cm³/mol. The van der Waals surface area contributed by atoms with Crippen LogP contribution in [0.2, 0.25) is 0 Å². The Bertz CT molecular complexity index is 1250. The minimum absolute atomic E-state index is 0.227. The second kappa shape index (κ2) is 9.93. The van der Waals surface area contributed by atoms with Gasteiger partial charge in [0.15, 0.2) is 0 Å². The number of nitrogens with zero attached hydrogens (tertiary/aromatic N) is 2. The minimum atomic E-state index is -4.32. The van der Waals surface area contributed by atoms with E-state index >= 15 is 0 Å². The Morgan fingerprint density at radius 3 is 2.54 bits per heavy atom. The monoisotopic (exact) mass is 486 g/mol. The number of rotatable bonds is 7. The summed E-state index contributed by atoms with van der Waals surface area (Å²) in [6.45, 7) is 4.58. The van der Waals surface area contributed by atoms with Gasteiger partial charge in [0.25, 0.3) is 0 Å². The van der Waals surface area contributed by atoms with Crippen LogP contribution in [0.3, 0.4) is 0 Å². The molecular weight excluding hydrogens is 457 g/mol. The van der Waals surface area contributed by atoms with E-state index in [1.165, 1.54) is 12.1 Å². The van der Waals surface area contributed by atoms with E-state index in [2.05, 4.69) is 4.90 Å². The van der Waals surface area contributed by atoms with Gasteiger partial charge in [-0.1, -0.05) is 6.07 Å². The summed E-state index contributed by atoms with van der Waals surface area (Å²) in [5, 5.41) is 1.01. The van der Waals surface area contributed by atoms with E-state index in [9.17, 15) is 18.0 Å². The molecule has 1 aliphatic carbocycles. The first-order valence-corrected chi connectivity index (χ1v) is 12.2. The second-order valence-electron chi connectivity index (χ2n) is 9.29. The van der Waals surface area contributed by atoms with Gasteiger partial charge in [0.2, 0.25) is 0 Å². The van der Waals surface area contributed by atoms with Crippen LogP contribution in [0.1, 0.15) is 36.0 Å². The molecule has 1 aliphatic heterocycles. The number of anilines is 1. The number of ether oxygens (including phenoxy) is 1. The average molecular weight is 487 g/mol. The molecule has 2 aliphatic rings. The fourth-order valence-corrected chi connectivity index (χ4v) is 5.09. The molecule has 1 saturated heterocycles. The van der Waals surface area contributed by atoms with Gasteiger partial charge in [-0.15, -0.1) is 0 Å². The van der Waals surface area contributed by atoms with Crippen LogP contribution in [-0.2, 0) is 19.0 Å². The van der Waals surface area contributed by atoms with Crippen LogP contribution in [-0.4, -0.2) is 44.2 Å². The summed E-state index contributed by atoms with van der Waals surface area (Å²) >= 11 is 0. The number of hydrogen-bond donors (Lipinski definition) is 0. The van der Waals surface area contributed by atoms with Gasteiger partial charge in [-0.2, -0.15) is 13.2 Å². The predicted octanol–water partition coefficient (Wildman–Crippen LogP) is 5.28. The van der Waals surface area contributed by atoms with Crippen LogP contribution >= 0.6 is 0 Å². The van der Waals surface area contributed by atoms with Crippen LogP contribution in [0.5, 0.6) is 5.75 Å². The van der Waals surface area contributed by atoms with Crippen LogP contribution in [0, 0.1) is 0 Å². The molecule has 8 heteroatoms. The number of hydrogen-bond acceptors (Lipinski definition) is 5. The molecule has 2 heterocycles. The third kappa shape index (κ3) is 5.32. The Morgan fingerprint density at radius 1 is 0.943 bits per heavy atom. The molecule has 0 saturated carbocycles. The van der Waals surface area contributed by atoms with Crippen LogP contribution in [0.15, 0.2) is 51.7 Å². The highest BCUT2D eigenvalue weighted by Gasteiger charge is 2.31. The van der Waals surface area contributed by atoms with Crippen LogP contribution in [0.4, 0.5) is 18.9 Å². The first kappa shape index (κ1) is 23.7. The molecule has 0 atom stereocenters. The maximum absolute atomic E-state index is 13.0. The van der Waals surface area contributed by atoms with E-state index in [4.69, 9.17) is 9.15 Å². The van der Waals surface area contributed by atoms with Gasteiger partial charge in [-0.3, -0.25) is 4.90 Å². The number of alkyl halides is 3. The van der Waals surface area contributed by atoms with Crippen molar-refractivity contribution in [2.75, 3.05) is 44.2 Å². The van der Waals surface area contributed by atoms with Crippen molar-refractivity contribution in [3.8, 4) is 5.75 Å². The lowest BCUT2D eigenvalue weighted by atomic mass is 10.1. The molecule has 0 spiro atoms. The van der Waals surface area contributed by atoms with E-state index in [1.807, 2.05) is 23.1 Å². The van der Waals surface area contributed by atoms with Gasteiger partial charge in [-0.05, 0) is 74.5 Å². The summed E-state index contributed by atoms with van der Waals surface area (Å²) < 4.78 is 50.4. The van der Waals surface area contributed by atoms with Crippen molar-refractivity contribution in [2.24, 2.45) is 0 Å². The van der Waals surface area contributed by atoms with Gasteiger partial charge in [0.05, 0.1) is 12.2 Å². The zero-order chi connectivity index (χ0) is 24.4. The SMILES string of the molecule is O=c1oc2cc(OCCCCN3CCN(c4cccc(C(F)(F)F)c4)CC3)ccc2c2c1CCC2. The molecule has 0 radical (unpaired) electrons. The molecule has 0 unspecified atom stereocenters. The first-order chi connectivity index (χ1) is 16.9. The fraction of sp³-hybridized carbons (Fsp3) is 0.444. The smallest absolute Gasteiger partial charge is 0.416 e. The van der Waals surface area contributed by atoms with Gasteiger partial charge >= 0.3 is 11.8 Å². The summed E-state index contributed by atoms with van der Waals surface area (Å²) in [4.78, 5) is 16.5. The number of aryl methyl sites for hydroxylation is 1. The normalized spacial score (nSPS) is 16.6. The van der Waals surface area contributed by atoms with Crippen molar-refractivity contribution in [3.63, 3.8) is 0 Å². The van der Waals surface area contributed by atoms with Crippen molar-refractivity contribution in [3.05, 3.63) is 69.6 Å². The average Bonchev–Trinajstić information content (AvgIpc) is 3.35. The van der Waals surface area contributed by atoms with E-state index in [1.54, 1.807) is 6.07 Å². The zero-order valence-corrected chi connectivity index (χ0v) is 19.6. The van der Waals surface area contributed by atoms with Crippen LogP contribution in [0.25, 0.3) is 11.0 Å². The Labute approximate surface area is 202 Å². The number of fused-ring (bicyclic) bond motifs is 3. The lowest BCUT2D eigenvalue weighted by Gasteiger charge is -2.36. The zero-order valence-electron chi connectivity index (χ0n) is 19.6. The highest BCUT2D eigenvalue weighted by atomic mass is 19.4. The number of piperazine rings is 1. The van der Waals surface area contributed by atoms with Gasteiger partial charge in [0, 0.05) is 48.9 Å². The molecular formula is C27H29F3N2O3. The maximum atomic E-state index is 13.0. The van der Waals surface area contributed by atoms with E-state index in [-0.39, 0.29) is 5.63 Å². The largest absolute Gasteiger partial charge is 0.493 e. The Balaban J connectivity index is 1.06. The van der Waals surface area contributed by atoms with Gasteiger partial charge < -0.3 is 14.1 Å². The Kier molecular flexibility index (Phi) is 6.73. The Morgan fingerprint density at radius 2 is 1.74 bits per heavy atom. The molecule has 1 fully saturated rings. The molecule has 5 rings (SSSR count). The lowest BCUT2D eigenvalue weighted by molar-refractivity contribution is -0.137. The molecule has 5 nitrogen and oxygen atoms in total. The van der Waals surface area contributed by atoms with E-state index in [0.717, 1.165) is 74.3 Å². The molecule has 35 heavy (non-hydrogen) atoms. The molecule has 1 aromatic heterocycles. The van der Waals surface area contributed by atoms with E-state index in [0.29, 0.717) is 36.7 Å². The van der Waals surface area contributed by atoms with Crippen molar-refractivity contribution in [2.45, 2.75) is 38.3 Å². The third-order valence-electron chi connectivity index (χ3n) is 6.99. The van der Waals surface area contributed by atoms with Crippen molar-refractivity contribution in [1.29, 1.82) is 0 Å². The van der Waals surface area contributed by atoms with Crippen molar-refractivity contribution >= 4 is 16.7 Å². The second-order valence-corrected chi connectivity index (χ2v) is 9.29. The topological polar surface area (TPSA) is 45.9 Å². The Hall–Kier alpha value is -3.00. The third-order valence-corrected chi connectivity index (χ3v) is 6.99. The standard InChI is InChI=1S/C27H29F3N2O3/c28-27(29,30)19-5-3-6-20(17-19)32-14-12-31(13-15-32)11-1-2-16-34-21-9-10-23-22-7-4-8-24(22)26(33)35-25(23)18-21/h3,5-6,9-10,17-18H,1-2,4,7-8,11-16H2. The van der Waals surface area contributed by atoms with Gasteiger partial charge in [-0.25, -0.2) is 4.79 Å². The minimum Gasteiger partial charge on any atom is -0.493 e. The number of halogens is 3. The fourth-order valence-electron chi connectivity index (χ4n) is 5.09. The summed E-state index contributed by atoms with van der Waals surface area (Å²) in [5.41, 5.74) is 2.33. The van der Waals surface area contributed by atoms with Crippen molar-refractivity contribution < 1.29 is 22.3 Å². The molecule has 0 amide bonds. The molecule has 3 aromatic rings. The molecule has 0 bridgehead atoms. The quantitative estimate of drug-likeness (QED) is 0.336. The van der Waals surface area contributed by atoms with Crippen LogP contribution < -0.4 is 15.3 Å². The maximum Gasteiger partial charge on any atom is 0.416 e. The molecule has 186 valence electrons. The highest BCUT2D eigenvalue weighted by molar-refractivity contribution is 5.83. The van der Waals surface area contributed by atoms with Crippen molar-refractivity contribution in [1.82, 2.24) is 4.90 Å². The summed E-state index contributed by atoms with van der Waals surface area (Å²) in [5.74, 6) is 0.702. The number of unbranched alkanes of at least 4 members (excludes halogenated alkanes) is 1.